The van der Waals surface area contributed by atoms with Gasteiger partial charge in [0.25, 0.3) is 6.43 Å². The number of ether oxygens (including phenoxy) is 1. The van der Waals surface area contributed by atoms with Gasteiger partial charge in [0.1, 0.15) is 37.4 Å². The lowest BCUT2D eigenvalue weighted by atomic mass is 9.98. The van der Waals surface area contributed by atoms with Gasteiger partial charge in [-0.1, -0.05) is 41.0 Å². The first-order valence-corrected chi connectivity index (χ1v) is 11.7. The standard InChI is InChI=1S/C25H26ClF4N3O4/c1-25(2,35)11-18(33(13-21(29)30)12-16-6-4-8-19(28)23(16)26)14-36-24(34)31-22-10-20(37-32-22)15-5-3-7-17(27)9-15/h3-10,18,21,35H,11-14H2,1-2H3,(H,31,32,34)/p+1/t18-/m0/s1. The summed E-state index contributed by atoms with van der Waals surface area (Å²) in [7, 11) is 0. The number of aliphatic hydroxyl groups is 1. The van der Waals surface area contributed by atoms with Gasteiger partial charge in [0.2, 0.25) is 0 Å². The van der Waals surface area contributed by atoms with Crippen LogP contribution in [0.4, 0.5) is 28.2 Å². The summed E-state index contributed by atoms with van der Waals surface area (Å²) in [5, 5.41) is 16.2. The quantitative estimate of drug-likeness (QED) is 0.305. The molecule has 1 amide bonds. The number of carbonyl (C=O) groups is 1. The normalized spacial score (nSPS) is 13.4. The fraction of sp³-hybridized carbons (Fsp3) is 0.360. The van der Waals surface area contributed by atoms with E-state index < -0.39 is 42.3 Å². The molecule has 1 heterocycles. The number of nitrogens with one attached hydrogen (secondary N) is 2. The van der Waals surface area contributed by atoms with E-state index in [1.54, 1.807) is 6.07 Å². The number of benzene rings is 2. The number of rotatable bonds is 11. The Kier molecular flexibility index (Phi) is 9.52. The second-order valence-electron chi connectivity index (χ2n) is 9.17. The Morgan fingerprint density at radius 1 is 1.22 bits per heavy atom. The number of halogens is 5. The molecule has 1 unspecified atom stereocenters. The molecule has 2 aromatic carbocycles. The number of quaternary nitrogens is 1. The Hall–Kier alpha value is -3.15. The van der Waals surface area contributed by atoms with Crippen LogP contribution < -0.4 is 10.2 Å². The fourth-order valence-electron chi connectivity index (χ4n) is 3.86. The maximum atomic E-state index is 13.9. The van der Waals surface area contributed by atoms with E-state index in [9.17, 15) is 27.5 Å². The molecule has 3 aromatic rings. The molecule has 0 aliphatic heterocycles. The van der Waals surface area contributed by atoms with Crippen molar-refractivity contribution >= 4 is 23.5 Å². The molecule has 37 heavy (non-hydrogen) atoms. The van der Waals surface area contributed by atoms with Crippen LogP contribution in [0.25, 0.3) is 11.3 Å². The van der Waals surface area contributed by atoms with E-state index in [-0.39, 0.29) is 41.1 Å². The summed E-state index contributed by atoms with van der Waals surface area (Å²) < 4.78 is 64.7. The molecule has 0 fully saturated rings. The first-order chi connectivity index (χ1) is 17.4. The maximum Gasteiger partial charge on any atom is 0.413 e. The van der Waals surface area contributed by atoms with Gasteiger partial charge in [0, 0.05) is 23.6 Å². The zero-order valence-corrected chi connectivity index (χ0v) is 20.9. The Morgan fingerprint density at radius 3 is 2.62 bits per heavy atom. The third-order valence-electron chi connectivity index (χ3n) is 5.45. The number of amides is 1. The Labute approximate surface area is 216 Å². The SMILES string of the molecule is CC(C)(O)C[C@@H](COC(=O)Nc1cc(-c2cccc(F)c2)on1)[NH+](Cc1cccc(F)c1Cl)CC(F)F. The highest BCUT2D eigenvalue weighted by molar-refractivity contribution is 6.31. The van der Waals surface area contributed by atoms with Gasteiger partial charge < -0.3 is 19.3 Å². The van der Waals surface area contributed by atoms with Crippen LogP contribution in [0.5, 0.6) is 0 Å². The van der Waals surface area contributed by atoms with Crippen molar-refractivity contribution in [2.24, 2.45) is 0 Å². The third kappa shape index (κ3) is 8.73. The van der Waals surface area contributed by atoms with Crippen molar-refractivity contribution in [1.82, 2.24) is 5.16 Å². The van der Waals surface area contributed by atoms with E-state index in [1.165, 1.54) is 50.2 Å². The van der Waals surface area contributed by atoms with Crippen LogP contribution in [-0.2, 0) is 11.3 Å². The van der Waals surface area contributed by atoms with Crippen LogP contribution in [-0.4, -0.2) is 47.6 Å². The van der Waals surface area contributed by atoms with Crippen molar-refractivity contribution in [1.29, 1.82) is 0 Å². The lowest BCUT2D eigenvalue weighted by molar-refractivity contribution is -0.943. The summed E-state index contributed by atoms with van der Waals surface area (Å²) in [6.45, 7) is 1.91. The number of aromatic nitrogens is 1. The second-order valence-corrected chi connectivity index (χ2v) is 9.54. The number of carbonyl (C=O) groups excluding carboxylic acids is 1. The molecule has 0 aliphatic rings. The zero-order chi connectivity index (χ0) is 27.2. The predicted molar refractivity (Wildman–Crippen MR) is 129 cm³/mol. The van der Waals surface area contributed by atoms with Gasteiger partial charge in [0.05, 0.1) is 10.6 Å². The van der Waals surface area contributed by atoms with Gasteiger partial charge in [-0.3, -0.25) is 5.32 Å². The minimum absolute atomic E-state index is 0.00775. The first-order valence-electron chi connectivity index (χ1n) is 11.4. The molecule has 12 heteroatoms. The molecule has 0 bridgehead atoms. The highest BCUT2D eigenvalue weighted by atomic mass is 35.5. The van der Waals surface area contributed by atoms with E-state index in [4.69, 9.17) is 20.9 Å². The molecule has 200 valence electrons. The van der Waals surface area contributed by atoms with Crippen molar-refractivity contribution in [2.75, 3.05) is 18.5 Å². The number of hydrogen-bond acceptors (Lipinski definition) is 5. The molecule has 7 nitrogen and oxygen atoms in total. The first kappa shape index (κ1) is 28.4. The summed E-state index contributed by atoms with van der Waals surface area (Å²) >= 11 is 6.03. The van der Waals surface area contributed by atoms with Crippen LogP contribution in [0, 0.1) is 11.6 Å². The lowest BCUT2D eigenvalue weighted by Gasteiger charge is -2.32. The van der Waals surface area contributed by atoms with Crippen LogP contribution >= 0.6 is 11.6 Å². The molecule has 0 saturated carbocycles. The second kappa shape index (κ2) is 12.4. The molecular formula is C25H27ClF4N3O4+. The predicted octanol–water partition coefficient (Wildman–Crippen LogP) is 4.70. The Balaban J connectivity index is 1.71. The molecule has 0 spiro atoms. The van der Waals surface area contributed by atoms with Gasteiger partial charge >= 0.3 is 6.09 Å². The highest BCUT2D eigenvalue weighted by Gasteiger charge is 2.33. The monoisotopic (exact) mass is 544 g/mol. The van der Waals surface area contributed by atoms with Gasteiger partial charge in [-0.25, -0.2) is 22.4 Å². The Morgan fingerprint density at radius 2 is 1.95 bits per heavy atom. The van der Waals surface area contributed by atoms with Crippen LogP contribution in [0.2, 0.25) is 5.02 Å². The van der Waals surface area contributed by atoms with Crippen molar-refractivity contribution in [3.63, 3.8) is 0 Å². The minimum Gasteiger partial charge on any atom is -0.443 e. The van der Waals surface area contributed by atoms with Crippen molar-refractivity contribution in [2.45, 2.75) is 44.9 Å². The smallest absolute Gasteiger partial charge is 0.413 e. The van der Waals surface area contributed by atoms with Crippen molar-refractivity contribution in [3.05, 3.63) is 70.8 Å². The summed E-state index contributed by atoms with van der Waals surface area (Å²) in [4.78, 5) is 12.7. The van der Waals surface area contributed by atoms with Crippen LogP contribution in [0.3, 0.4) is 0 Å². The molecule has 3 rings (SSSR count). The van der Waals surface area contributed by atoms with Crippen molar-refractivity contribution in [3.8, 4) is 11.3 Å². The fourth-order valence-corrected chi connectivity index (χ4v) is 4.06. The maximum absolute atomic E-state index is 13.9. The molecule has 0 radical (unpaired) electrons. The highest BCUT2D eigenvalue weighted by Crippen LogP contribution is 2.23. The lowest BCUT2D eigenvalue weighted by Crippen LogP contribution is -3.16. The van der Waals surface area contributed by atoms with Gasteiger partial charge in [-0.05, 0) is 32.0 Å². The van der Waals surface area contributed by atoms with E-state index in [0.29, 0.717) is 11.1 Å². The van der Waals surface area contributed by atoms with Gasteiger partial charge in [0.15, 0.2) is 11.6 Å². The van der Waals surface area contributed by atoms with E-state index >= 15 is 0 Å². The minimum atomic E-state index is -2.73. The number of anilines is 1. The molecule has 2 atom stereocenters. The van der Waals surface area contributed by atoms with E-state index in [2.05, 4.69) is 10.5 Å². The van der Waals surface area contributed by atoms with Crippen LogP contribution in [0.1, 0.15) is 25.8 Å². The molecule has 0 aliphatic carbocycles. The number of hydrogen-bond donors (Lipinski definition) is 3. The summed E-state index contributed by atoms with van der Waals surface area (Å²) in [6.07, 6.45) is -3.68. The van der Waals surface area contributed by atoms with Gasteiger partial charge in [-0.15, -0.1) is 0 Å². The van der Waals surface area contributed by atoms with Crippen LogP contribution in [0.15, 0.2) is 53.1 Å². The summed E-state index contributed by atoms with van der Waals surface area (Å²) in [5.41, 5.74) is -0.577. The average molecular weight is 545 g/mol. The molecule has 0 saturated heterocycles. The number of nitrogens with zero attached hydrogens (tertiary/aromatic N) is 1. The summed E-state index contributed by atoms with van der Waals surface area (Å²) in [6, 6.07) is 10.2. The summed E-state index contributed by atoms with van der Waals surface area (Å²) in [5.74, 6) is -0.965. The van der Waals surface area contributed by atoms with Crippen molar-refractivity contribution < 1.29 is 41.6 Å². The largest absolute Gasteiger partial charge is 0.443 e. The topological polar surface area (TPSA) is 89.0 Å². The molecule has 3 N–H and O–H groups in total. The average Bonchev–Trinajstić information content (AvgIpc) is 3.26. The number of alkyl halides is 2. The zero-order valence-electron chi connectivity index (χ0n) is 20.1. The third-order valence-corrected chi connectivity index (χ3v) is 5.88. The van der Waals surface area contributed by atoms with Gasteiger partial charge in [-0.2, -0.15) is 0 Å². The van der Waals surface area contributed by atoms with E-state index in [1.807, 2.05) is 0 Å². The van der Waals surface area contributed by atoms with E-state index in [0.717, 1.165) is 6.07 Å². The molecule has 1 aromatic heterocycles. The Bertz CT molecular complexity index is 1200. The molecular weight excluding hydrogens is 518 g/mol.